The van der Waals surface area contributed by atoms with Crippen molar-refractivity contribution in [3.05, 3.63) is 54.4 Å². The van der Waals surface area contributed by atoms with Crippen molar-refractivity contribution in [1.29, 1.82) is 0 Å². The van der Waals surface area contributed by atoms with E-state index >= 15 is 0 Å². The van der Waals surface area contributed by atoms with Gasteiger partial charge < -0.3 is 0 Å². The average Bonchev–Trinajstić information content (AvgIpc) is 2.67. The van der Waals surface area contributed by atoms with Crippen molar-refractivity contribution >= 4 is 22.9 Å². The summed E-state index contributed by atoms with van der Waals surface area (Å²) in [6.45, 7) is 1.93. The van der Waals surface area contributed by atoms with Gasteiger partial charge in [0.1, 0.15) is 0 Å². The van der Waals surface area contributed by atoms with E-state index < -0.39 is 0 Å². The van der Waals surface area contributed by atoms with E-state index in [1.807, 2.05) is 31.3 Å². The van der Waals surface area contributed by atoms with Gasteiger partial charge in [-0.2, -0.15) is 5.10 Å². The van der Waals surface area contributed by atoms with Crippen molar-refractivity contribution < 1.29 is 0 Å². The maximum absolute atomic E-state index is 5.53. The van der Waals surface area contributed by atoms with Crippen molar-refractivity contribution in [3.63, 3.8) is 0 Å². The predicted octanol–water partition coefficient (Wildman–Crippen LogP) is 3.49. The van der Waals surface area contributed by atoms with Crippen LogP contribution < -0.4 is 5.43 Å². The maximum Gasteiger partial charge on any atom is 0.0992 e. The third-order valence-corrected chi connectivity index (χ3v) is 4.89. The highest BCUT2D eigenvalue weighted by molar-refractivity contribution is 7.80. The minimum absolute atomic E-state index is 0.383. The van der Waals surface area contributed by atoms with Crippen LogP contribution in [-0.4, -0.2) is 25.7 Å². The van der Waals surface area contributed by atoms with Gasteiger partial charge in [0, 0.05) is 36.6 Å². The molecule has 2 aromatic heterocycles. The first kappa shape index (κ1) is 16.6. The molecule has 0 bridgehead atoms. The van der Waals surface area contributed by atoms with E-state index in [0.29, 0.717) is 11.8 Å². The summed E-state index contributed by atoms with van der Waals surface area (Å²) in [6.07, 6.45) is 11.4. The van der Waals surface area contributed by atoms with Gasteiger partial charge in [-0.3, -0.25) is 20.4 Å². The van der Waals surface area contributed by atoms with Crippen molar-refractivity contribution in [2.75, 3.05) is 0 Å². The van der Waals surface area contributed by atoms with E-state index in [1.54, 1.807) is 18.6 Å². The van der Waals surface area contributed by atoms with Gasteiger partial charge in [-0.05, 0) is 44.7 Å². The van der Waals surface area contributed by atoms with Crippen LogP contribution in [0.1, 0.15) is 49.9 Å². The standard InChI is InChI=1S/C18H21N5S/c1-13(16-4-2-3-9-20-16)22-23-18(24)15-7-5-14(6-8-15)17-12-19-10-11-21-17/h2-4,9-12,14-15H,5-8H2,1H3,(H,23,24). The lowest BCUT2D eigenvalue weighted by molar-refractivity contribution is 0.384. The van der Waals surface area contributed by atoms with E-state index in [9.17, 15) is 0 Å². The molecule has 1 N–H and O–H groups in total. The predicted molar refractivity (Wildman–Crippen MR) is 98.9 cm³/mol. The first-order chi connectivity index (χ1) is 11.7. The topological polar surface area (TPSA) is 63.1 Å². The second-order valence-corrected chi connectivity index (χ2v) is 6.51. The Bertz CT molecular complexity index is 694. The molecule has 2 aromatic rings. The van der Waals surface area contributed by atoms with Crippen LogP contribution in [0.15, 0.2) is 48.1 Å². The van der Waals surface area contributed by atoms with E-state index in [2.05, 4.69) is 25.5 Å². The molecule has 0 aliphatic heterocycles. The maximum atomic E-state index is 5.53. The van der Waals surface area contributed by atoms with Crippen molar-refractivity contribution in [3.8, 4) is 0 Å². The van der Waals surface area contributed by atoms with Crippen LogP contribution in [0.3, 0.4) is 0 Å². The van der Waals surface area contributed by atoms with Gasteiger partial charge in [-0.25, -0.2) is 0 Å². The average molecular weight is 339 g/mol. The number of nitrogens with one attached hydrogen (secondary N) is 1. The summed E-state index contributed by atoms with van der Waals surface area (Å²) >= 11 is 5.53. The molecule has 0 saturated heterocycles. The minimum atomic E-state index is 0.383. The van der Waals surface area contributed by atoms with E-state index in [4.69, 9.17) is 12.2 Å². The summed E-state index contributed by atoms with van der Waals surface area (Å²) in [5, 5.41) is 4.39. The highest BCUT2D eigenvalue weighted by Crippen LogP contribution is 2.34. The molecule has 0 unspecified atom stereocenters. The molecule has 6 heteroatoms. The molecule has 1 aliphatic rings. The quantitative estimate of drug-likeness (QED) is 0.525. The Morgan fingerprint density at radius 2 is 1.96 bits per heavy atom. The molecule has 1 fully saturated rings. The molecule has 2 heterocycles. The highest BCUT2D eigenvalue weighted by atomic mass is 32.1. The Morgan fingerprint density at radius 1 is 1.12 bits per heavy atom. The van der Waals surface area contributed by atoms with Crippen molar-refractivity contribution in [2.45, 2.75) is 38.5 Å². The minimum Gasteiger partial charge on any atom is -0.271 e. The third-order valence-electron chi connectivity index (χ3n) is 4.47. The number of thiocarbonyl (C=S) groups is 1. The van der Waals surface area contributed by atoms with E-state index in [-0.39, 0.29) is 0 Å². The summed E-state index contributed by atoms with van der Waals surface area (Å²) in [7, 11) is 0. The second-order valence-electron chi connectivity index (χ2n) is 6.07. The molecule has 1 saturated carbocycles. The lowest BCUT2D eigenvalue weighted by Gasteiger charge is -2.28. The fourth-order valence-electron chi connectivity index (χ4n) is 3.04. The number of pyridine rings is 1. The summed E-state index contributed by atoms with van der Waals surface area (Å²) < 4.78 is 0. The van der Waals surface area contributed by atoms with E-state index in [0.717, 1.165) is 47.8 Å². The number of hydrazone groups is 1. The number of rotatable bonds is 4. The number of hydrogen-bond donors (Lipinski definition) is 1. The van der Waals surface area contributed by atoms with Gasteiger partial charge >= 0.3 is 0 Å². The van der Waals surface area contributed by atoms with Gasteiger partial charge in [0.2, 0.25) is 0 Å². The van der Waals surface area contributed by atoms with Crippen LogP contribution in [0.25, 0.3) is 0 Å². The normalized spacial score (nSPS) is 21.3. The zero-order valence-electron chi connectivity index (χ0n) is 13.7. The Balaban J connectivity index is 1.52. The van der Waals surface area contributed by atoms with Crippen LogP contribution in [-0.2, 0) is 0 Å². The smallest absolute Gasteiger partial charge is 0.0992 e. The lowest BCUT2D eigenvalue weighted by atomic mass is 9.80. The summed E-state index contributed by atoms with van der Waals surface area (Å²) in [5.41, 5.74) is 5.85. The number of nitrogens with zero attached hydrogens (tertiary/aromatic N) is 4. The van der Waals surface area contributed by atoms with Crippen molar-refractivity contribution in [2.24, 2.45) is 11.0 Å². The molecule has 3 rings (SSSR count). The Hall–Kier alpha value is -2.21. The molecule has 0 spiro atoms. The molecule has 1 aliphatic carbocycles. The zero-order chi connectivity index (χ0) is 16.8. The SMILES string of the molecule is CC(=NNC(=S)C1CCC(c2cnccn2)CC1)c1ccccn1. The van der Waals surface area contributed by atoms with Gasteiger partial charge in [0.15, 0.2) is 0 Å². The molecule has 124 valence electrons. The molecule has 0 atom stereocenters. The molecule has 0 amide bonds. The summed E-state index contributed by atoms with van der Waals surface area (Å²) in [5.74, 6) is 0.879. The lowest BCUT2D eigenvalue weighted by Crippen LogP contribution is -2.29. The van der Waals surface area contributed by atoms with Crippen molar-refractivity contribution in [1.82, 2.24) is 20.4 Å². The Kier molecular flexibility index (Phi) is 5.59. The molecule has 0 aromatic carbocycles. The van der Waals surface area contributed by atoms with Gasteiger partial charge in [-0.1, -0.05) is 18.3 Å². The fourth-order valence-corrected chi connectivity index (χ4v) is 3.32. The molecular formula is C18H21N5S. The van der Waals surface area contributed by atoms with Crippen LogP contribution in [0.5, 0.6) is 0 Å². The number of aromatic nitrogens is 3. The summed E-state index contributed by atoms with van der Waals surface area (Å²) in [6, 6.07) is 5.79. The highest BCUT2D eigenvalue weighted by Gasteiger charge is 2.25. The van der Waals surface area contributed by atoms with Crippen LogP contribution in [0.4, 0.5) is 0 Å². The summed E-state index contributed by atoms with van der Waals surface area (Å²) in [4.78, 5) is 13.7. The van der Waals surface area contributed by atoms with Gasteiger partial charge in [0.05, 0.1) is 22.1 Å². The first-order valence-electron chi connectivity index (χ1n) is 8.25. The molecule has 5 nitrogen and oxygen atoms in total. The third kappa shape index (κ3) is 4.20. The second kappa shape index (κ2) is 8.06. The van der Waals surface area contributed by atoms with Crippen LogP contribution >= 0.6 is 12.2 Å². The van der Waals surface area contributed by atoms with Crippen LogP contribution in [0.2, 0.25) is 0 Å². The first-order valence-corrected chi connectivity index (χ1v) is 8.66. The van der Waals surface area contributed by atoms with Crippen LogP contribution in [0, 0.1) is 5.92 Å². The van der Waals surface area contributed by atoms with Gasteiger partial charge in [0.25, 0.3) is 0 Å². The molecule has 0 radical (unpaired) electrons. The monoisotopic (exact) mass is 339 g/mol. The van der Waals surface area contributed by atoms with E-state index in [1.165, 1.54) is 0 Å². The Morgan fingerprint density at radius 3 is 2.62 bits per heavy atom. The van der Waals surface area contributed by atoms with Gasteiger partial charge in [-0.15, -0.1) is 0 Å². The Labute approximate surface area is 147 Å². The largest absolute Gasteiger partial charge is 0.271 e. The number of hydrogen-bond acceptors (Lipinski definition) is 5. The fraction of sp³-hybridized carbons (Fsp3) is 0.389. The zero-order valence-corrected chi connectivity index (χ0v) is 14.5. The molecular weight excluding hydrogens is 318 g/mol. The molecule has 24 heavy (non-hydrogen) atoms.